The number of aliphatic hydroxyl groups is 1. The van der Waals surface area contributed by atoms with E-state index >= 15 is 0 Å². The molecule has 2 aliphatic carbocycles. The molecule has 10 heteroatoms. The van der Waals surface area contributed by atoms with Crippen molar-refractivity contribution >= 4 is 21.6 Å². The number of aliphatic hydroxyl groups excluding tert-OH is 1. The molecule has 2 aliphatic heterocycles. The number of fused-ring (bicyclic) bond motifs is 6. The molecule has 7 rings (SSSR count). The Balaban J connectivity index is 1.43. The second kappa shape index (κ2) is 12.1. The molecule has 2 heterocycles. The quantitative estimate of drug-likeness (QED) is 0.170. The van der Waals surface area contributed by atoms with Gasteiger partial charge in [-0.2, -0.15) is 0 Å². The van der Waals surface area contributed by atoms with Crippen LogP contribution in [0.1, 0.15) is 65.9 Å². The largest absolute Gasteiger partial charge is 0.508 e. The van der Waals surface area contributed by atoms with Gasteiger partial charge in [0.25, 0.3) is 0 Å². The molecule has 0 spiro atoms. The zero-order valence-corrected chi connectivity index (χ0v) is 27.1. The lowest BCUT2D eigenvalue weighted by molar-refractivity contribution is 0.00299. The Morgan fingerprint density at radius 1 is 0.911 bits per heavy atom. The van der Waals surface area contributed by atoms with Crippen LogP contribution in [0, 0.1) is 5.92 Å². The summed E-state index contributed by atoms with van der Waals surface area (Å²) < 4.78 is 23.3. The lowest BCUT2D eigenvalue weighted by Crippen LogP contribution is -2.37. The van der Waals surface area contributed by atoms with Crippen molar-refractivity contribution in [3.8, 4) is 51.4 Å². The first-order valence-electron chi connectivity index (χ1n) is 15.4. The highest BCUT2D eigenvalue weighted by atomic mass is 33.1. The lowest BCUT2D eigenvalue weighted by Gasteiger charge is -2.41. The summed E-state index contributed by atoms with van der Waals surface area (Å²) in [6.07, 6.45) is 7.64. The fourth-order valence-electron chi connectivity index (χ4n) is 7.69. The third kappa shape index (κ3) is 5.15. The molecule has 0 radical (unpaired) electrons. The molecule has 0 saturated heterocycles. The molecule has 0 saturated carbocycles. The Bertz CT molecular complexity index is 1660. The van der Waals surface area contributed by atoms with Crippen molar-refractivity contribution in [3.63, 3.8) is 0 Å². The third-order valence-corrected chi connectivity index (χ3v) is 12.7. The Morgan fingerprint density at radius 2 is 1.73 bits per heavy atom. The van der Waals surface area contributed by atoms with Crippen molar-refractivity contribution in [1.29, 1.82) is 0 Å². The molecule has 6 atom stereocenters. The summed E-state index contributed by atoms with van der Waals surface area (Å²) in [5.41, 5.74) is 5.46. The van der Waals surface area contributed by atoms with Crippen LogP contribution < -0.4 is 18.9 Å². The second-order valence-corrected chi connectivity index (χ2v) is 15.0. The minimum absolute atomic E-state index is 0.102. The van der Waals surface area contributed by atoms with Gasteiger partial charge < -0.3 is 39.4 Å². The number of hydrogen-bond acceptors (Lipinski definition) is 10. The van der Waals surface area contributed by atoms with Gasteiger partial charge in [-0.15, -0.1) is 0 Å². The van der Waals surface area contributed by atoms with Crippen molar-refractivity contribution in [3.05, 3.63) is 64.7 Å². The van der Waals surface area contributed by atoms with Gasteiger partial charge in [-0.1, -0.05) is 39.8 Å². The van der Waals surface area contributed by atoms with Gasteiger partial charge in [-0.05, 0) is 78.8 Å². The Hall–Kier alpha value is -3.34. The number of phenols is 3. The summed E-state index contributed by atoms with van der Waals surface area (Å²) in [6.45, 7) is 0. The molecule has 238 valence electrons. The fraction of sp³-hybridized carbons (Fsp3) is 0.429. The third-order valence-electron chi connectivity index (χ3n) is 9.87. The molecule has 0 unspecified atom stereocenters. The molecule has 4 bridgehead atoms. The maximum atomic E-state index is 12.2. The van der Waals surface area contributed by atoms with Crippen LogP contribution in [0.5, 0.6) is 40.2 Å². The standard InChI is InChI=1S/C35H38O8S2/c1-40-26-15-27-30-23-12-18(22-13-19(36)9-10-21(22)29(23)26)8-7-17-5-4-6-20(11-17)45-44-16-25(30)32(38)34(43-27)24-14-28(41-2)33(39)35(42-3)31(24)37/h4,6,9-10,13-15,17-18,20,25,32,34,36-39H,5,7-8,11-12,16H2,1-3H3/t17-,18+,20-,25-,32+,34+/m0/s1. The maximum absolute atomic E-state index is 12.2. The fourth-order valence-corrected chi connectivity index (χ4v) is 10.6. The molecule has 4 N–H and O–H groups in total. The summed E-state index contributed by atoms with van der Waals surface area (Å²) in [7, 11) is 8.03. The molecule has 3 aromatic carbocycles. The van der Waals surface area contributed by atoms with Crippen molar-refractivity contribution in [2.75, 3.05) is 27.1 Å². The summed E-state index contributed by atoms with van der Waals surface area (Å²) in [4.78, 5) is 0. The summed E-state index contributed by atoms with van der Waals surface area (Å²) in [5, 5.41) is 45.0. The van der Waals surface area contributed by atoms with E-state index in [9.17, 15) is 20.4 Å². The molecule has 8 nitrogen and oxygen atoms in total. The molecule has 3 aromatic rings. The minimum atomic E-state index is -1.03. The Morgan fingerprint density at radius 3 is 2.51 bits per heavy atom. The van der Waals surface area contributed by atoms with Crippen LogP contribution in [-0.2, 0) is 6.42 Å². The van der Waals surface area contributed by atoms with E-state index in [2.05, 4.69) is 12.2 Å². The molecular weight excluding hydrogens is 613 g/mol. The van der Waals surface area contributed by atoms with Gasteiger partial charge in [0, 0.05) is 39.7 Å². The predicted molar refractivity (Wildman–Crippen MR) is 176 cm³/mol. The zero-order chi connectivity index (χ0) is 31.4. The lowest BCUT2D eigenvalue weighted by atomic mass is 9.71. The van der Waals surface area contributed by atoms with E-state index < -0.39 is 12.2 Å². The SMILES string of the molecule is COc1cc([C@H]2Oc3cc(OC)c4c5c3[C@H](CSS[C@H]3C=CC[C@@H](CC[C@H](C5)c5cc(O)ccc5-4)C3)[C@H]2O)c(O)c(OC)c1O. The average Bonchev–Trinajstić information content (AvgIpc) is 3.05. The van der Waals surface area contributed by atoms with Gasteiger partial charge in [0.2, 0.25) is 11.5 Å². The number of allylic oxidation sites excluding steroid dienone is 1. The second-order valence-electron chi connectivity index (χ2n) is 12.3. The number of phenolic OH excluding ortho intramolecular Hbond substituents is 3. The van der Waals surface area contributed by atoms with E-state index in [1.165, 1.54) is 20.3 Å². The first-order valence-corrected chi connectivity index (χ1v) is 17.7. The Labute approximate surface area is 270 Å². The van der Waals surface area contributed by atoms with E-state index in [-0.39, 0.29) is 46.1 Å². The number of ether oxygens (including phenoxy) is 4. The normalized spacial score (nSPS) is 26.8. The smallest absolute Gasteiger partial charge is 0.207 e. The van der Waals surface area contributed by atoms with Crippen molar-refractivity contribution in [1.82, 2.24) is 0 Å². The highest BCUT2D eigenvalue weighted by molar-refractivity contribution is 8.77. The molecule has 4 aliphatic rings. The van der Waals surface area contributed by atoms with Crippen molar-refractivity contribution < 1.29 is 39.4 Å². The maximum Gasteiger partial charge on any atom is 0.207 e. The van der Waals surface area contributed by atoms with E-state index in [1.807, 2.05) is 29.0 Å². The number of rotatable bonds is 4. The van der Waals surface area contributed by atoms with Gasteiger partial charge in [-0.25, -0.2) is 0 Å². The summed E-state index contributed by atoms with van der Waals surface area (Å²) >= 11 is 0. The average molecular weight is 651 g/mol. The van der Waals surface area contributed by atoms with Crippen molar-refractivity contribution in [2.45, 2.75) is 61.4 Å². The molecule has 0 aromatic heterocycles. The number of aromatic hydroxyl groups is 3. The number of benzene rings is 3. The predicted octanol–water partition coefficient (Wildman–Crippen LogP) is 7.22. The number of hydrogen-bond donors (Lipinski definition) is 4. The molecule has 45 heavy (non-hydrogen) atoms. The molecular formula is C35H38O8S2. The van der Waals surface area contributed by atoms with E-state index in [4.69, 9.17) is 18.9 Å². The first-order chi connectivity index (χ1) is 21.8. The first kappa shape index (κ1) is 30.3. The molecule has 0 amide bonds. The van der Waals surface area contributed by atoms with Crippen LogP contribution in [-0.4, -0.2) is 58.9 Å². The minimum Gasteiger partial charge on any atom is -0.508 e. The van der Waals surface area contributed by atoms with E-state index in [1.54, 1.807) is 24.0 Å². The Kier molecular flexibility index (Phi) is 8.16. The highest BCUT2D eigenvalue weighted by Crippen LogP contribution is 2.58. The summed E-state index contributed by atoms with van der Waals surface area (Å²) in [6, 6.07) is 9.00. The summed E-state index contributed by atoms with van der Waals surface area (Å²) in [5.74, 6) is 1.88. The van der Waals surface area contributed by atoms with Gasteiger partial charge >= 0.3 is 0 Å². The zero-order valence-electron chi connectivity index (χ0n) is 25.5. The monoisotopic (exact) mass is 650 g/mol. The van der Waals surface area contributed by atoms with E-state index in [0.717, 1.165) is 59.9 Å². The van der Waals surface area contributed by atoms with Crippen LogP contribution in [0.2, 0.25) is 0 Å². The topological polar surface area (TPSA) is 118 Å². The van der Waals surface area contributed by atoms with Gasteiger partial charge in [0.15, 0.2) is 17.6 Å². The van der Waals surface area contributed by atoms with E-state index in [0.29, 0.717) is 28.4 Å². The van der Waals surface area contributed by atoms with Gasteiger partial charge in [-0.3, -0.25) is 0 Å². The number of methoxy groups -OCH3 is 3. The highest BCUT2D eigenvalue weighted by Gasteiger charge is 2.44. The van der Waals surface area contributed by atoms with Crippen LogP contribution in [0.25, 0.3) is 11.1 Å². The van der Waals surface area contributed by atoms with Gasteiger partial charge in [0.1, 0.15) is 23.4 Å². The van der Waals surface area contributed by atoms with Crippen LogP contribution in [0.15, 0.2) is 42.5 Å². The van der Waals surface area contributed by atoms with Crippen LogP contribution >= 0.6 is 21.6 Å². The van der Waals surface area contributed by atoms with Crippen molar-refractivity contribution in [2.24, 2.45) is 5.92 Å². The van der Waals surface area contributed by atoms with Crippen LogP contribution in [0.3, 0.4) is 0 Å². The molecule has 0 fully saturated rings. The van der Waals surface area contributed by atoms with Crippen LogP contribution in [0.4, 0.5) is 0 Å². The van der Waals surface area contributed by atoms with Gasteiger partial charge in [0.05, 0.1) is 21.3 Å².